The van der Waals surface area contributed by atoms with E-state index >= 15 is 0 Å². The Labute approximate surface area is 168 Å². The van der Waals surface area contributed by atoms with Crippen molar-refractivity contribution in [1.82, 2.24) is 5.32 Å². The zero-order valence-corrected chi connectivity index (χ0v) is 16.4. The van der Waals surface area contributed by atoms with Gasteiger partial charge < -0.3 is 20.7 Å². The van der Waals surface area contributed by atoms with Crippen LogP contribution in [0, 0.1) is 0 Å². The van der Waals surface area contributed by atoms with Crippen molar-refractivity contribution in [1.29, 1.82) is 0 Å². The molecule has 3 N–H and O–H groups in total. The lowest BCUT2D eigenvalue weighted by molar-refractivity contribution is -0.114. The number of methoxy groups -OCH3 is 1. The minimum atomic E-state index is -0.251. The molecular formula is C19H21Cl2N3O3. The van der Waals surface area contributed by atoms with Crippen molar-refractivity contribution in [3.05, 3.63) is 58.1 Å². The van der Waals surface area contributed by atoms with E-state index in [2.05, 4.69) is 16.0 Å². The van der Waals surface area contributed by atoms with Crippen LogP contribution in [0.1, 0.15) is 16.8 Å². The number of rotatable bonds is 9. The highest BCUT2D eigenvalue weighted by molar-refractivity contribution is 6.42. The Hall–Kier alpha value is -2.28. The molecule has 0 bridgehead atoms. The summed E-state index contributed by atoms with van der Waals surface area (Å²) < 4.78 is 4.94. The van der Waals surface area contributed by atoms with Crippen LogP contribution in [-0.2, 0) is 9.53 Å². The molecule has 144 valence electrons. The third kappa shape index (κ3) is 7.09. The van der Waals surface area contributed by atoms with Gasteiger partial charge in [0.25, 0.3) is 5.91 Å². The fraction of sp³-hybridized carbons (Fsp3) is 0.263. The first kappa shape index (κ1) is 21.0. The van der Waals surface area contributed by atoms with Crippen LogP contribution in [0.4, 0.5) is 11.4 Å². The number of anilines is 2. The summed E-state index contributed by atoms with van der Waals surface area (Å²) in [7, 11) is 1.62. The zero-order valence-electron chi connectivity index (χ0n) is 14.9. The third-order valence-electron chi connectivity index (χ3n) is 3.59. The molecule has 0 aliphatic rings. The van der Waals surface area contributed by atoms with Gasteiger partial charge in [0.05, 0.1) is 16.6 Å². The van der Waals surface area contributed by atoms with Crippen LogP contribution in [0.3, 0.4) is 0 Å². The lowest BCUT2D eigenvalue weighted by atomic mass is 10.2. The molecule has 6 nitrogen and oxygen atoms in total. The smallest absolute Gasteiger partial charge is 0.251 e. The Morgan fingerprint density at radius 2 is 1.85 bits per heavy atom. The molecule has 8 heteroatoms. The van der Waals surface area contributed by atoms with Crippen molar-refractivity contribution in [3.8, 4) is 0 Å². The summed E-state index contributed by atoms with van der Waals surface area (Å²) in [5.41, 5.74) is 1.70. The van der Waals surface area contributed by atoms with Crippen LogP contribution in [0.25, 0.3) is 0 Å². The average Bonchev–Trinajstić information content (AvgIpc) is 2.66. The number of amides is 2. The first-order valence-corrected chi connectivity index (χ1v) is 9.11. The monoisotopic (exact) mass is 409 g/mol. The Balaban J connectivity index is 1.86. The zero-order chi connectivity index (χ0) is 19.6. The maximum atomic E-state index is 12.1. The second-order valence-corrected chi connectivity index (χ2v) is 6.53. The maximum Gasteiger partial charge on any atom is 0.251 e. The van der Waals surface area contributed by atoms with Crippen LogP contribution >= 0.6 is 23.2 Å². The van der Waals surface area contributed by atoms with Crippen molar-refractivity contribution in [2.45, 2.75) is 6.42 Å². The largest absolute Gasteiger partial charge is 0.385 e. The summed E-state index contributed by atoms with van der Waals surface area (Å²) >= 11 is 11.8. The van der Waals surface area contributed by atoms with Gasteiger partial charge in [0, 0.05) is 37.2 Å². The van der Waals surface area contributed by atoms with Crippen LogP contribution in [0.5, 0.6) is 0 Å². The Morgan fingerprint density at radius 1 is 1.04 bits per heavy atom. The molecule has 2 aromatic carbocycles. The number of halogens is 2. The molecule has 0 saturated heterocycles. The second kappa shape index (κ2) is 10.8. The van der Waals surface area contributed by atoms with Crippen molar-refractivity contribution < 1.29 is 14.3 Å². The summed E-state index contributed by atoms with van der Waals surface area (Å²) in [4.78, 5) is 24.2. The quantitative estimate of drug-likeness (QED) is 0.550. The van der Waals surface area contributed by atoms with Gasteiger partial charge in [0.15, 0.2) is 0 Å². The van der Waals surface area contributed by atoms with Gasteiger partial charge in [-0.1, -0.05) is 29.3 Å². The van der Waals surface area contributed by atoms with E-state index in [1.165, 1.54) is 0 Å². The normalized spacial score (nSPS) is 10.3. The number of hydrogen-bond acceptors (Lipinski definition) is 4. The molecule has 0 radical (unpaired) electrons. The average molecular weight is 410 g/mol. The summed E-state index contributed by atoms with van der Waals surface area (Å²) in [6, 6.07) is 11.8. The molecule has 2 amide bonds. The van der Waals surface area contributed by atoms with Gasteiger partial charge in [-0.25, -0.2) is 0 Å². The molecule has 2 rings (SSSR count). The number of nitrogens with one attached hydrogen (secondary N) is 3. The Morgan fingerprint density at radius 3 is 2.59 bits per heavy atom. The van der Waals surface area contributed by atoms with Crippen LogP contribution < -0.4 is 16.0 Å². The highest BCUT2D eigenvalue weighted by atomic mass is 35.5. The number of hydrogen-bond donors (Lipinski definition) is 3. The Bertz CT molecular complexity index is 800. The van der Waals surface area contributed by atoms with Crippen molar-refractivity contribution in [3.63, 3.8) is 0 Å². The minimum absolute atomic E-state index is 0.0470. The van der Waals surface area contributed by atoms with Crippen molar-refractivity contribution in [2.24, 2.45) is 0 Å². The molecular weight excluding hydrogens is 389 g/mol. The summed E-state index contributed by atoms with van der Waals surface area (Å²) in [5, 5.41) is 9.37. The summed E-state index contributed by atoms with van der Waals surface area (Å²) in [5.74, 6) is -0.449. The molecule has 0 spiro atoms. The van der Waals surface area contributed by atoms with E-state index in [9.17, 15) is 9.59 Å². The molecule has 0 fully saturated rings. The van der Waals surface area contributed by atoms with Gasteiger partial charge in [-0.15, -0.1) is 0 Å². The summed E-state index contributed by atoms with van der Waals surface area (Å²) in [6.07, 6.45) is 0.735. The van der Waals surface area contributed by atoms with Gasteiger partial charge in [0.2, 0.25) is 5.91 Å². The number of benzene rings is 2. The van der Waals surface area contributed by atoms with E-state index < -0.39 is 0 Å². The standard InChI is InChI=1S/C19H21Cl2N3O3/c1-27-9-3-8-22-19(26)13-4-2-5-15(10-13)24-18(25)12-23-14-6-7-16(20)17(21)11-14/h2,4-7,10-11,23H,3,8-9,12H2,1H3,(H,22,26)(H,24,25). The maximum absolute atomic E-state index is 12.1. The molecule has 0 aromatic heterocycles. The van der Waals surface area contributed by atoms with Crippen LogP contribution in [-0.4, -0.2) is 38.6 Å². The predicted molar refractivity (Wildman–Crippen MR) is 109 cm³/mol. The molecule has 27 heavy (non-hydrogen) atoms. The van der Waals surface area contributed by atoms with Gasteiger partial charge in [-0.05, 0) is 42.8 Å². The van der Waals surface area contributed by atoms with Gasteiger partial charge in [-0.2, -0.15) is 0 Å². The molecule has 0 atom stereocenters. The number of ether oxygens (including phenoxy) is 1. The molecule has 0 aliphatic heterocycles. The summed E-state index contributed by atoms with van der Waals surface area (Å²) in [6.45, 7) is 1.16. The predicted octanol–water partition coefficient (Wildman–Crippen LogP) is 3.81. The fourth-order valence-corrected chi connectivity index (χ4v) is 2.55. The third-order valence-corrected chi connectivity index (χ3v) is 4.33. The second-order valence-electron chi connectivity index (χ2n) is 5.71. The minimum Gasteiger partial charge on any atom is -0.385 e. The SMILES string of the molecule is COCCCNC(=O)c1cccc(NC(=O)CNc2ccc(Cl)c(Cl)c2)c1. The van der Waals surface area contributed by atoms with Crippen molar-refractivity contribution in [2.75, 3.05) is 37.4 Å². The number of carbonyl (C=O) groups excluding carboxylic acids is 2. The molecule has 0 unspecified atom stereocenters. The highest BCUT2D eigenvalue weighted by Crippen LogP contribution is 2.24. The molecule has 0 saturated carbocycles. The van der Waals surface area contributed by atoms with Crippen molar-refractivity contribution >= 4 is 46.4 Å². The van der Waals surface area contributed by atoms with E-state index in [4.69, 9.17) is 27.9 Å². The first-order chi connectivity index (χ1) is 13.0. The topological polar surface area (TPSA) is 79.5 Å². The highest BCUT2D eigenvalue weighted by Gasteiger charge is 2.08. The molecule has 2 aromatic rings. The van der Waals surface area contributed by atoms with Gasteiger partial charge >= 0.3 is 0 Å². The fourth-order valence-electron chi connectivity index (χ4n) is 2.25. The molecule has 0 aliphatic carbocycles. The number of carbonyl (C=O) groups is 2. The van der Waals surface area contributed by atoms with E-state index in [1.54, 1.807) is 49.6 Å². The van der Waals surface area contributed by atoms with Gasteiger partial charge in [-0.3, -0.25) is 9.59 Å². The molecule has 0 heterocycles. The van der Waals surface area contributed by atoms with Crippen LogP contribution in [0.2, 0.25) is 10.0 Å². The lowest BCUT2D eigenvalue weighted by Crippen LogP contribution is -2.25. The first-order valence-electron chi connectivity index (χ1n) is 8.35. The van der Waals surface area contributed by atoms with Gasteiger partial charge in [0.1, 0.15) is 0 Å². The Kier molecular flexibility index (Phi) is 8.39. The lowest BCUT2D eigenvalue weighted by Gasteiger charge is -2.10. The van der Waals surface area contributed by atoms with E-state index in [1.807, 2.05) is 0 Å². The van der Waals surface area contributed by atoms with E-state index in [0.29, 0.717) is 40.1 Å². The van der Waals surface area contributed by atoms with E-state index in [-0.39, 0.29) is 18.4 Å². The van der Waals surface area contributed by atoms with E-state index in [0.717, 1.165) is 6.42 Å². The van der Waals surface area contributed by atoms with Crippen LogP contribution in [0.15, 0.2) is 42.5 Å².